The second kappa shape index (κ2) is 8.05. The van der Waals surface area contributed by atoms with Crippen LogP contribution in [0.15, 0.2) is 49.2 Å². The molecule has 0 radical (unpaired) electrons. The number of rotatable bonds is 5. The fourth-order valence-corrected chi connectivity index (χ4v) is 4.57. The molecular formula is C23H21FN6S. The number of hydrogen-bond donors (Lipinski definition) is 3. The fourth-order valence-electron chi connectivity index (χ4n) is 3.82. The zero-order valence-corrected chi connectivity index (χ0v) is 17.8. The summed E-state index contributed by atoms with van der Waals surface area (Å²) in [5.74, 6) is 0.655. The molecule has 0 unspecified atom stereocenters. The summed E-state index contributed by atoms with van der Waals surface area (Å²) < 4.78 is 13.6. The first-order valence-corrected chi connectivity index (χ1v) is 10.9. The molecule has 0 saturated heterocycles. The summed E-state index contributed by atoms with van der Waals surface area (Å²) in [7, 11) is 0. The lowest BCUT2D eigenvalue weighted by Crippen LogP contribution is -2.20. The molecule has 1 aliphatic heterocycles. The van der Waals surface area contributed by atoms with Crippen LogP contribution in [-0.2, 0) is 0 Å². The van der Waals surface area contributed by atoms with Crippen molar-refractivity contribution in [3.05, 3.63) is 76.3 Å². The van der Waals surface area contributed by atoms with Crippen LogP contribution in [-0.4, -0.2) is 38.2 Å². The van der Waals surface area contributed by atoms with Gasteiger partial charge in [-0.2, -0.15) is 9.49 Å². The van der Waals surface area contributed by atoms with Gasteiger partial charge in [0.2, 0.25) is 0 Å². The van der Waals surface area contributed by atoms with E-state index in [1.807, 2.05) is 19.2 Å². The van der Waals surface area contributed by atoms with Crippen molar-refractivity contribution in [3.63, 3.8) is 0 Å². The van der Waals surface area contributed by atoms with Gasteiger partial charge >= 0.3 is 0 Å². The highest BCUT2D eigenvalue weighted by atomic mass is 32.1. The Balaban J connectivity index is 1.59. The minimum atomic E-state index is -0.232. The summed E-state index contributed by atoms with van der Waals surface area (Å²) in [4.78, 5) is 13.6. The molecule has 4 aromatic heterocycles. The van der Waals surface area contributed by atoms with E-state index >= 15 is 0 Å². The van der Waals surface area contributed by atoms with Gasteiger partial charge in [0, 0.05) is 28.1 Å². The second-order valence-corrected chi connectivity index (χ2v) is 8.38. The van der Waals surface area contributed by atoms with Crippen molar-refractivity contribution in [1.29, 1.82) is 0 Å². The number of imidazole rings is 1. The Labute approximate surface area is 182 Å². The van der Waals surface area contributed by atoms with E-state index in [4.69, 9.17) is 4.98 Å². The van der Waals surface area contributed by atoms with Gasteiger partial charge in [-0.1, -0.05) is 24.8 Å². The van der Waals surface area contributed by atoms with E-state index in [1.54, 1.807) is 12.1 Å². The molecule has 0 atom stereocenters. The monoisotopic (exact) mass is 432 g/mol. The highest BCUT2D eigenvalue weighted by Crippen LogP contribution is 2.33. The second-order valence-electron chi connectivity index (χ2n) is 7.35. The summed E-state index contributed by atoms with van der Waals surface area (Å²) in [5.41, 5.74) is 6.24. The van der Waals surface area contributed by atoms with Crippen LogP contribution >= 0.6 is 11.3 Å². The minimum absolute atomic E-state index is 0.232. The maximum Gasteiger partial charge on any atom is 0.176 e. The third-order valence-electron chi connectivity index (χ3n) is 5.33. The first-order valence-electron chi connectivity index (χ1n) is 10.0. The van der Waals surface area contributed by atoms with Crippen molar-refractivity contribution in [1.82, 2.24) is 30.5 Å². The van der Waals surface area contributed by atoms with Gasteiger partial charge in [-0.25, -0.2) is 4.98 Å². The molecule has 3 N–H and O–H groups in total. The van der Waals surface area contributed by atoms with Gasteiger partial charge < -0.3 is 10.3 Å². The predicted molar refractivity (Wildman–Crippen MR) is 123 cm³/mol. The highest BCUT2D eigenvalue weighted by Gasteiger charge is 2.19. The molecule has 5 heterocycles. The molecule has 1 aliphatic rings. The van der Waals surface area contributed by atoms with Gasteiger partial charge in [0.25, 0.3) is 0 Å². The zero-order valence-electron chi connectivity index (χ0n) is 17.0. The van der Waals surface area contributed by atoms with Crippen LogP contribution in [0.25, 0.3) is 33.6 Å². The number of aromatic nitrogens is 5. The maximum atomic E-state index is 13.6. The maximum absolute atomic E-state index is 13.6. The number of nitrogens with zero attached hydrogens (tertiary/aromatic N) is 3. The molecule has 0 aromatic carbocycles. The number of halogens is 1. The number of pyridine rings is 1. The van der Waals surface area contributed by atoms with Gasteiger partial charge in [-0.15, -0.1) is 11.3 Å². The summed E-state index contributed by atoms with van der Waals surface area (Å²) in [6, 6.07) is 5.29. The van der Waals surface area contributed by atoms with Crippen LogP contribution in [0.3, 0.4) is 0 Å². The van der Waals surface area contributed by atoms with Crippen molar-refractivity contribution in [2.24, 2.45) is 0 Å². The Hall–Kier alpha value is -3.36. The van der Waals surface area contributed by atoms with E-state index in [1.165, 1.54) is 11.6 Å². The smallest absolute Gasteiger partial charge is 0.176 e. The van der Waals surface area contributed by atoms with E-state index < -0.39 is 0 Å². The van der Waals surface area contributed by atoms with Crippen LogP contribution in [0.2, 0.25) is 0 Å². The first-order chi connectivity index (χ1) is 15.1. The third-order valence-corrected chi connectivity index (χ3v) is 6.23. The SMILES string of the molecule is C=C/C=C(/c1ccc(F)s1)c1nc(-c2n[nH]c3cnc(C4=CCNCC4)cc23)[nH]c1C. The number of hydrogen-bond acceptors (Lipinski definition) is 5. The van der Waals surface area contributed by atoms with Crippen molar-refractivity contribution in [2.45, 2.75) is 13.3 Å². The van der Waals surface area contributed by atoms with Crippen LogP contribution < -0.4 is 5.32 Å². The fraction of sp³-hybridized carbons (Fsp3) is 0.174. The van der Waals surface area contributed by atoms with Crippen molar-refractivity contribution in [3.8, 4) is 11.5 Å². The van der Waals surface area contributed by atoms with E-state index in [2.05, 4.69) is 44.2 Å². The van der Waals surface area contributed by atoms with Gasteiger partial charge in [0.05, 0.1) is 23.1 Å². The lowest BCUT2D eigenvalue weighted by molar-refractivity contribution is 0.657. The van der Waals surface area contributed by atoms with E-state index in [9.17, 15) is 4.39 Å². The Morgan fingerprint density at radius 1 is 1.32 bits per heavy atom. The number of allylic oxidation sites excluding steroid dienone is 2. The topological polar surface area (TPSA) is 82.3 Å². The number of aryl methyl sites for hydroxylation is 1. The number of fused-ring (bicyclic) bond motifs is 1. The molecule has 4 aromatic rings. The Morgan fingerprint density at radius 3 is 2.97 bits per heavy atom. The van der Waals surface area contributed by atoms with Crippen LogP contribution in [0, 0.1) is 12.1 Å². The standard InChI is InChI=1S/C23H21FN6S/c1-3-4-15(19-5-6-20(24)31-19)21-13(2)27-23(28-21)22-16-11-17(14-7-9-25-10-8-14)26-12-18(16)29-30-22/h3-7,11-12,25H,1,8-10H2,2H3,(H,27,28)(H,29,30)/b15-4-. The molecule has 5 rings (SSSR count). The summed E-state index contributed by atoms with van der Waals surface area (Å²) in [6.07, 6.45) is 8.49. The predicted octanol–water partition coefficient (Wildman–Crippen LogP) is 4.85. The molecule has 0 fully saturated rings. The van der Waals surface area contributed by atoms with E-state index in [0.717, 1.165) is 75.0 Å². The van der Waals surface area contributed by atoms with E-state index in [0.29, 0.717) is 5.82 Å². The lowest BCUT2D eigenvalue weighted by atomic mass is 10.0. The lowest BCUT2D eigenvalue weighted by Gasteiger charge is -2.13. The van der Waals surface area contributed by atoms with Crippen molar-refractivity contribution >= 4 is 33.4 Å². The van der Waals surface area contributed by atoms with E-state index in [-0.39, 0.29) is 5.13 Å². The number of nitrogens with one attached hydrogen (secondary N) is 3. The van der Waals surface area contributed by atoms with Gasteiger partial charge in [0.15, 0.2) is 11.0 Å². The van der Waals surface area contributed by atoms with Gasteiger partial charge in [-0.3, -0.25) is 10.1 Å². The van der Waals surface area contributed by atoms with Gasteiger partial charge in [0.1, 0.15) is 5.69 Å². The van der Waals surface area contributed by atoms with Crippen molar-refractivity contribution in [2.75, 3.05) is 13.1 Å². The summed E-state index contributed by atoms with van der Waals surface area (Å²) >= 11 is 1.09. The Kier molecular flexibility index (Phi) is 5.09. The quantitative estimate of drug-likeness (QED) is 0.394. The van der Waals surface area contributed by atoms with Gasteiger partial charge in [-0.05, 0) is 43.7 Å². The molecule has 0 amide bonds. The minimum Gasteiger partial charge on any atom is -0.340 e. The Bertz CT molecular complexity index is 1340. The molecule has 0 saturated carbocycles. The highest BCUT2D eigenvalue weighted by molar-refractivity contribution is 7.11. The first kappa shape index (κ1) is 19.6. The molecule has 0 aliphatic carbocycles. The normalized spacial score (nSPS) is 14.8. The average molecular weight is 433 g/mol. The molecule has 0 spiro atoms. The third kappa shape index (κ3) is 3.64. The van der Waals surface area contributed by atoms with Crippen LogP contribution in [0.5, 0.6) is 0 Å². The molecule has 8 heteroatoms. The summed E-state index contributed by atoms with van der Waals surface area (Å²) in [6.45, 7) is 7.56. The Morgan fingerprint density at radius 2 is 2.23 bits per heavy atom. The number of aromatic amines is 2. The van der Waals surface area contributed by atoms with Crippen LogP contribution in [0.1, 0.15) is 28.4 Å². The molecule has 31 heavy (non-hydrogen) atoms. The number of H-pyrrole nitrogens is 2. The number of thiophene rings is 1. The average Bonchev–Trinajstić information content (AvgIpc) is 3.50. The summed E-state index contributed by atoms with van der Waals surface area (Å²) in [5, 5.41) is 11.6. The zero-order chi connectivity index (χ0) is 21.4. The molecular weight excluding hydrogens is 411 g/mol. The molecule has 0 bridgehead atoms. The largest absolute Gasteiger partial charge is 0.340 e. The van der Waals surface area contributed by atoms with Crippen LogP contribution in [0.4, 0.5) is 4.39 Å². The molecule has 156 valence electrons. The molecule has 6 nitrogen and oxygen atoms in total. The van der Waals surface area contributed by atoms with Crippen molar-refractivity contribution < 1.29 is 4.39 Å².